The minimum Gasteiger partial charge on any atom is -0.235 e. The van der Waals surface area contributed by atoms with E-state index >= 15 is 0 Å². The Bertz CT molecular complexity index is 442. The molecule has 0 unspecified atom stereocenters. The molecule has 0 aromatic carbocycles. The minimum atomic E-state index is 0.371. The molecule has 2 heterocycles. The van der Waals surface area contributed by atoms with Crippen molar-refractivity contribution in [2.45, 2.75) is 0 Å². The van der Waals surface area contributed by atoms with Crippen LogP contribution in [0.1, 0.15) is 0 Å². The summed E-state index contributed by atoms with van der Waals surface area (Å²) in [6.45, 7) is 0. The smallest absolute Gasteiger partial charge is 0.149 e. The Morgan fingerprint density at radius 1 is 1.58 bits per heavy atom. The van der Waals surface area contributed by atoms with Crippen LogP contribution in [0.3, 0.4) is 0 Å². The zero-order valence-electron chi connectivity index (χ0n) is 5.83. The molecule has 12 heavy (non-hydrogen) atoms. The summed E-state index contributed by atoms with van der Waals surface area (Å²) in [5.41, 5.74) is 1.18. The quantitative estimate of drug-likeness (QED) is 0.530. The van der Waals surface area contributed by atoms with E-state index in [-0.39, 0.29) is 0 Å². The van der Waals surface area contributed by atoms with Gasteiger partial charge in [0.05, 0.1) is 6.20 Å². The Labute approximate surface area is 88.7 Å². The Hall–Kier alpha value is -0.295. The molecule has 0 spiro atoms. The van der Waals surface area contributed by atoms with E-state index in [1.807, 2.05) is 0 Å². The van der Waals surface area contributed by atoms with Crippen LogP contribution in [0, 0.1) is 3.70 Å². The molecular weight excluding hydrogens is 287 g/mol. The Morgan fingerprint density at radius 2 is 2.33 bits per heavy atom. The van der Waals surface area contributed by atoms with Crippen LogP contribution >= 0.6 is 34.2 Å². The molecule has 0 atom stereocenters. The monoisotopic (exact) mass is 289 g/mol. The number of rotatable bonds is 0. The lowest BCUT2D eigenvalue weighted by Gasteiger charge is -1.98. The fourth-order valence-electron chi connectivity index (χ4n) is 0.934. The van der Waals surface area contributed by atoms with Crippen molar-refractivity contribution in [3.63, 3.8) is 0 Å². The zero-order valence-corrected chi connectivity index (χ0v) is 8.74. The van der Waals surface area contributed by atoms with Crippen molar-refractivity contribution < 1.29 is 0 Å². The van der Waals surface area contributed by atoms with Gasteiger partial charge < -0.3 is 0 Å². The first-order valence-electron chi connectivity index (χ1n) is 3.14. The molecule has 0 fully saturated rings. The van der Waals surface area contributed by atoms with E-state index in [1.54, 1.807) is 16.8 Å². The fraction of sp³-hybridized carbons (Fsp3) is 0. The van der Waals surface area contributed by atoms with Gasteiger partial charge in [0.2, 0.25) is 0 Å². The molecule has 0 aliphatic heterocycles. The Kier molecular flexibility index (Phi) is 2.00. The van der Waals surface area contributed by atoms with Crippen molar-refractivity contribution in [2.75, 3.05) is 0 Å². The fourth-order valence-corrected chi connectivity index (χ4v) is 1.60. The van der Waals surface area contributed by atoms with Crippen LogP contribution in [0.4, 0.5) is 0 Å². The van der Waals surface area contributed by atoms with Gasteiger partial charge in [0, 0.05) is 0 Å². The number of nitrogens with zero attached hydrogens (tertiary/aromatic N) is 3. The van der Waals surface area contributed by atoms with Gasteiger partial charge >= 0.3 is 0 Å². The van der Waals surface area contributed by atoms with E-state index in [0.717, 1.165) is 3.70 Å². The highest BCUT2D eigenvalue weighted by Crippen LogP contribution is 2.08. The SMILES string of the molecule is [B]c1cc(Cl)nn2c(I)cnc12. The second-order valence-electron chi connectivity index (χ2n) is 2.24. The molecular formula is C6H2BClIN3. The molecule has 58 valence electrons. The third kappa shape index (κ3) is 1.20. The van der Waals surface area contributed by atoms with Gasteiger partial charge in [-0.25, -0.2) is 9.50 Å². The highest BCUT2D eigenvalue weighted by molar-refractivity contribution is 14.1. The predicted octanol–water partition coefficient (Wildman–Crippen LogP) is 0.781. The van der Waals surface area contributed by atoms with Crippen molar-refractivity contribution >= 4 is 53.1 Å². The lowest BCUT2D eigenvalue weighted by Crippen LogP contribution is -2.10. The maximum Gasteiger partial charge on any atom is 0.149 e. The van der Waals surface area contributed by atoms with Gasteiger partial charge in [-0.15, -0.1) is 0 Å². The molecule has 0 amide bonds. The number of fused-ring (bicyclic) bond motifs is 1. The third-order valence-electron chi connectivity index (χ3n) is 1.42. The second-order valence-corrected chi connectivity index (χ2v) is 3.73. The molecule has 0 aliphatic carbocycles. The summed E-state index contributed by atoms with van der Waals surface area (Å²) in [5, 5.41) is 4.40. The van der Waals surface area contributed by atoms with Crippen molar-refractivity contribution in [1.82, 2.24) is 14.6 Å². The second kappa shape index (κ2) is 2.88. The lowest BCUT2D eigenvalue weighted by atomic mass is 9.99. The van der Waals surface area contributed by atoms with Crippen LogP contribution in [0.5, 0.6) is 0 Å². The number of aromatic nitrogens is 3. The number of halogens is 2. The van der Waals surface area contributed by atoms with E-state index in [0.29, 0.717) is 16.3 Å². The van der Waals surface area contributed by atoms with E-state index < -0.39 is 0 Å². The standard InChI is InChI=1S/C6H2BClIN3/c7-3-1-4(8)11-12-5(9)2-10-6(3)12/h1-2H. The molecule has 2 aromatic heterocycles. The summed E-state index contributed by atoms with van der Waals surface area (Å²) in [6, 6.07) is 1.58. The summed E-state index contributed by atoms with van der Waals surface area (Å²) < 4.78 is 2.50. The van der Waals surface area contributed by atoms with Crippen LogP contribution in [0.2, 0.25) is 5.15 Å². The zero-order chi connectivity index (χ0) is 8.72. The minimum absolute atomic E-state index is 0.371. The Morgan fingerprint density at radius 3 is 3.08 bits per heavy atom. The average molecular weight is 289 g/mol. The van der Waals surface area contributed by atoms with Crippen LogP contribution in [-0.2, 0) is 0 Å². The molecule has 3 nitrogen and oxygen atoms in total. The molecule has 2 aromatic rings. The first kappa shape index (κ1) is 8.31. The summed E-state index contributed by atoms with van der Waals surface area (Å²) in [7, 11) is 5.66. The summed E-state index contributed by atoms with van der Waals surface area (Å²) in [6.07, 6.45) is 1.69. The highest BCUT2D eigenvalue weighted by Gasteiger charge is 2.04. The van der Waals surface area contributed by atoms with Crippen LogP contribution < -0.4 is 5.46 Å². The van der Waals surface area contributed by atoms with Gasteiger partial charge in [-0.2, -0.15) is 5.10 Å². The predicted molar refractivity (Wildman–Crippen MR) is 56.1 cm³/mol. The Balaban J connectivity index is 2.92. The molecule has 0 saturated heterocycles. The van der Waals surface area contributed by atoms with E-state index in [1.165, 1.54) is 0 Å². The van der Waals surface area contributed by atoms with E-state index in [4.69, 9.17) is 19.4 Å². The molecule has 2 rings (SSSR count). The summed E-state index contributed by atoms with van der Waals surface area (Å²) in [5.74, 6) is 0. The highest BCUT2D eigenvalue weighted by atomic mass is 127. The van der Waals surface area contributed by atoms with E-state index in [9.17, 15) is 0 Å². The molecule has 0 aliphatic rings. The molecule has 0 bridgehead atoms. The molecule has 2 radical (unpaired) electrons. The molecule has 6 heteroatoms. The van der Waals surface area contributed by atoms with Gasteiger partial charge in [-0.1, -0.05) is 11.6 Å². The van der Waals surface area contributed by atoms with Crippen molar-refractivity contribution in [2.24, 2.45) is 0 Å². The van der Waals surface area contributed by atoms with Crippen molar-refractivity contribution in [3.05, 3.63) is 21.1 Å². The number of hydrogen-bond acceptors (Lipinski definition) is 2. The first-order valence-corrected chi connectivity index (χ1v) is 4.59. The van der Waals surface area contributed by atoms with Gasteiger partial charge in [-0.05, 0) is 34.1 Å². The third-order valence-corrected chi connectivity index (χ3v) is 2.34. The summed E-state index contributed by atoms with van der Waals surface area (Å²) >= 11 is 7.82. The largest absolute Gasteiger partial charge is 0.235 e. The molecule has 0 N–H and O–H groups in total. The van der Waals surface area contributed by atoms with Gasteiger partial charge in [0.15, 0.2) is 0 Å². The first-order chi connectivity index (χ1) is 5.68. The van der Waals surface area contributed by atoms with Crippen LogP contribution in [-0.4, -0.2) is 22.4 Å². The molecule has 0 saturated carbocycles. The van der Waals surface area contributed by atoms with Gasteiger partial charge in [0.25, 0.3) is 0 Å². The topological polar surface area (TPSA) is 30.2 Å². The van der Waals surface area contributed by atoms with Gasteiger partial charge in [0.1, 0.15) is 22.3 Å². The van der Waals surface area contributed by atoms with Gasteiger partial charge in [-0.3, -0.25) is 0 Å². The normalized spacial score (nSPS) is 10.8. The van der Waals surface area contributed by atoms with E-state index in [2.05, 4.69) is 32.7 Å². The average Bonchev–Trinajstić information content (AvgIpc) is 2.33. The van der Waals surface area contributed by atoms with Crippen molar-refractivity contribution in [1.29, 1.82) is 0 Å². The maximum atomic E-state index is 5.71. The maximum absolute atomic E-state index is 5.71. The van der Waals surface area contributed by atoms with Crippen molar-refractivity contribution in [3.8, 4) is 0 Å². The summed E-state index contributed by atoms with van der Waals surface area (Å²) in [4.78, 5) is 4.07. The lowest BCUT2D eigenvalue weighted by molar-refractivity contribution is 0.918. The number of imidazole rings is 1. The van der Waals surface area contributed by atoms with Crippen LogP contribution in [0.25, 0.3) is 5.65 Å². The van der Waals surface area contributed by atoms with Crippen LogP contribution in [0.15, 0.2) is 12.3 Å². The number of hydrogen-bond donors (Lipinski definition) is 0.